The Morgan fingerprint density at radius 3 is 2.29 bits per heavy atom. The van der Waals surface area contributed by atoms with E-state index in [1.807, 2.05) is 30.3 Å². The van der Waals surface area contributed by atoms with Gasteiger partial charge >= 0.3 is 0 Å². The van der Waals surface area contributed by atoms with Gasteiger partial charge < -0.3 is 25.8 Å². The van der Waals surface area contributed by atoms with E-state index in [0.717, 1.165) is 95.8 Å². The van der Waals surface area contributed by atoms with E-state index in [9.17, 15) is 23.6 Å². The first kappa shape index (κ1) is 39.8. The molecule has 4 heterocycles. The topological polar surface area (TPSA) is 149 Å². The summed E-state index contributed by atoms with van der Waals surface area (Å²) in [6.07, 6.45) is 13.0. The summed E-state index contributed by atoms with van der Waals surface area (Å²) in [4.78, 5) is 62.5. The summed E-state index contributed by atoms with van der Waals surface area (Å²) in [5, 5.41) is 12.1. The Labute approximate surface area is 338 Å². The van der Waals surface area contributed by atoms with Crippen molar-refractivity contribution in [3.8, 4) is 11.3 Å². The molecule has 4 N–H and O–H groups in total. The zero-order chi connectivity index (χ0) is 40.2. The molecule has 3 aliphatic heterocycles. The lowest BCUT2D eigenvalue weighted by Gasteiger charge is -2.41. The number of nitrogens with one attached hydrogen (secondary N) is 4. The van der Waals surface area contributed by atoms with Crippen LogP contribution in [-0.4, -0.2) is 82.3 Å². The number of halogens is 2. The summed E-state index contributed by atoms with van der Waals surface area (Å²) in [5.41, 5.74) is 2.80. The fraction of sp³-hybridized carbons (Fsp3) is 0.545. The molecule has 4 amide bonds. The molecule has 12 nitrogen and oxygen atoms in total. The molecule has 5 aliphatic rings. The molecule has 3 aromatic rings. The minimum Gasteiger partial charge on any atom is -0.374 e. The van der Waals surface area contributed by atoms with Crippen molar-refractivity contribution in [2.24, 2.45) is 5.92 Å². The van der Waals surface area contributed by atoms with Gasteiger partial charge in [-0.2, -0.15) is 0 Å². The highest BCUT2D eigenvalue weighted by atomic mass is 19.1. The lowest BCUT2D eigenvalue weighted by molar-refractivity contribution is -0.133. The van der Waals surface area contributed by atoms with Crippen molar-refractivity contribution in [2.75, 3.05) is 35.2 Å². The number of carbonyl (C=O) groups excluding carboxylic acids is 4. The van der Waals surface area contributed by atoms with Crippen LogP contribution in [-0.2, 0) is 19.2 Å². The van der Waals surface area contributed by atoms with Crippen molar-refractivity contribution in [2.45, 2.75) is 126 Å². The Balaban J connectivity index is 0.754. The SMILES string of the molecule is O=C1CC[C@@H](Nc2ccc(C3CCN(C4CCC(C(=O)NC5CCC(Nc6ncc(F)c(-c7cccc(N8CCCCC8=O)c7)n6)CC5)CC4)CC3)c(F)c2)C(=O)N1. The monoisotopic (exact) mass is 796 g/mol. The first-order valence-electron chi connectivity index (χ1n) is 21.3. The van der Waals surface area contributed by atoms with Gasteiger partial charge in [-0.15, -0.1) is 0 Å². The third-order valence-corrected chi connectivity index (χ3v) is 13.0. The van der Waals surface area contributed by atoms with Crippen molar-refractivity contribution < 1.29 is 28.0 Å². The molecular formula is C44H54F2N8O4. The summed E-state index contributed by atoms with van der Waals surface area (Å²) >= 11 is 0. The van der Waals surface area contributed by atoms with Crippen LogP contribution < -0.4 is 26.2 Å². The normalized spacial score (nSPS) is 26.2. The summed E-state index contributed by atoms with van der Waals surface area (Å²) in [7, 11) is 0. The van der Waals surface area contributed by atoms with Crippen molar-refractivity contribution >= 4 is 41.0 Å². The molecule has 3 saturated heterocycles. The highest BCUT2D eigenvalue weighted by molar-refractivity contribution is 6.01. The largest absolute Gasteiger partial charge is 0.374 e. The second-order valence-electron chi connectivity index (χ2n) is 16.8. The number of rotatable bonds is 10. The molecule has 0 bridgehead atoms. The standard InChI is InChI=1S/C44H54F2N8O4/c45-36-25-32(48-38-17-18-39(55)51-43(38)58)13-16-35(36)27-19-22-53(23-20-27)33-14-7-28(8-15-33)42(57)49-30-9-11-31(12-10-30)50-44-47-26-37(46)41(52-44)29-4-3-5-34(24-29)54-21-2-1-6-40(54)56/h3-5,13,16,24-28,30-31,33,38,48H,1-2,6-12,14-15,17-23H2,(H,49,57)(H,47,50,52)(H,51,55,58)/t28?,30?,31?,33?,38-/m1/s1. The fourth-order valence-electron chi connectivity index (χ4n) is 9.68. The number of likely N-dealkylation sites (tertiary alicyclic amines) is 1. The Hall–Kier alpha value is -4.98. The molecule has 0 unspecified atom stereocenters. The number of anilines is 3. The number of hydrogen-bond donors (Lipinski definition) is 4. The first-order chi connectivity index (χ1) is 28.2. The second-order valence-corrected chi connectivity index (χ2v) is 16.8. The van der Waals surface area contributed by atoms with E-state index in [-0.39, 0.29) is 65.5 Å². The molecule has 58 heavy (non-hydrogen) atoms. The van der Waals surface area contributed by atoms with Crippen molar-refractivity contribution in [1.29, 1.82) is 0 Å². The second kappa shape index (κ2) is 17.9. The minimum atomic E-state index is -0.549. The van der Waals surface area contributed by atoms with E-state index in [1.165, 1.54) is 12.3 Å². The predicted octanol–water partition coefficient (Wildman–Crippen LogP) is 6.43. The fourth-order valence-corrected chi connectivity index (χ4v) is 9.68. The Kier molecular flexibility index (Phi) is 12.3. The summed E-state index contributed by atoms with van der Waals surface area (Å²) < 4.78 is 30.3. The van der Waals surface area contributed by atoms with Gasteiger partial charge in [0.25, 0.3) is 0 Å². The van der Waals surface area contributed by atoms with Gasteiger partial charge in [-0.05, 0) is 132 Å². The number of amides is 4. The van der Waals surface area contributed by atoms with Crippen LogP contribution in [0.15, 0.2) is 48.7 Å². The van der Waals surface area contributed by atoms with E-state index >= 15 is 4.39 Å². The molecule has 5 fully saturated rings. The van der Waals surface area contributed by atoms with E-state index < -0.39 is 11.9 Å². The van der Waals surface area contributed by atoms with Crippen LogP contribution in [0.1, 0.15) is 108 Å². The van der Waals surface area contributed by atoms with Gasteiger partial charge in [0.15, 0.2) is 5.82 Å². The van der Waals surface area contributed by atoms with Gasteiger partial charge in [-0.1, -0.05) is 18.2 Å². The minimum absolute atomic E-state index is 0.0172. The Bertz CT molecular complexity index is 1990. The highest BCUT2D eigenvalue weighted by Crippen LogP contribution is 2.36. The predicted molar refractivity (Wildman–Crippen MR) is 217 cm³/mol. The smallest absolute Gasteiger partial charge is 0.249 e. The molecular weight excluding hydrogens is 743 g/mol. The van der Waals surface area contributed by atoms with Crippen LogP contribution in [0.4, 0.5) is 26.1 Å². The van der Waals surface area contributed by atoms with Gasteiger partial charge in [-0.25, -0.2) is 18.7 Å². The summed E-state index contributed by atoms with van der Waals surface area (Å²) in [5.74, 6) is -0.686. The quantitative estimate of drug-likeness (QED) is 0.170. The average Bonchev–Trinajstić information content (AvgIpc) is 3.24. The van der Waals surface area contributed by atoms with Gasteiger partial charge in [0.2, 0.25) is 29.6 Å². The molecule has 8 rings (SSSR count). The molecule has 1 aromatic heterocycles. The van der Waals surface area contributed by atoms with Crippen LogP contribution in [0.5, 0.6) is 0 Å². The van der Waals surface area contributed by atoms with Crippen molar-refractivity contribution in [3.63, 3.8) is 0 Å². The molecule has 2 saturated carbocycles. The van der Waals surface area contributed by atoms with Gasteiger partial charge in [-0.3, -0.25) is 24.5 Å². The maximum Gasteiger partial charge on any atom is 0.249 e. The van der Waals surface area contributed by atoms with E-state index in [0.29, 0.717) is 48.2 Å². The number of piperidine rings is 3. The number of imide groups is 1. The van der Waals surface area contributed by atoms with Crippen molar-refractivity contribution in [1.82, 2.24) is 25.5 Å². The molecule has 2 aromatic carbocycles. The van der Waals surface area contributed by atoms with Crippen LogP contribution in [0, 0.1) is 17.6 Å². The maximum absolute atomic E-state index is 15.3. The lowest BCUT2D eigenvalue weighted by atomic mass is 9.82. The highest BCUT2D eigenvalue weighted by Gasteiger charge is 2.34. The Morgan fingerprint density at radius 2 is 1.55 bits per heavy atom. The average molecular weight is 797 g/mol. The van der Waals surface area contributed by atoms with Gasteiger partial charge in [0, 0.05) is 60.4 Å². The van der Waals surface area contributed by atoms with Gasteiger partial charge in [0.1, 0.15) is 17.6 Å². The van der Waals surface area contributed by atoms with Crippen molar-refractivity contribution in [3.05, 3.63) is 65.9 Å². The van der Waals surface area contributed by atoms with Crippen LogP contribution >= 0.6 is 0 Å². The molecule has 0 radical (unpaired) electrons. The third-order valence-electron chi connectivity index (χ3n) is 13.0. The molecule has 2 aliphatic carbocycles. The summed E-state index contributed by atoms with van der Waals surface area (Å²) in [6, 6.07) is 12.6. The summed E-state index contributed by atoms with van der Waals surface area (Å²) in [6.45, 7) is 2.46. The number of hydrogen-bond acceptors (Lipinski definition) is 9. The van der Waals surface area contributed by atoms with Crippen LogP contribution in [0.2, 0.25) is 0 Å². The first-order valence-corrected chi connectivity index (χ1v) is 21.3. The molecule has 308 valence electrons. The molecule has 14 heteroatoms. The zero-order valence-electron chi connectivity index (χ0n) is 33.0. The maximum atomic E-state index is 15.3. The zero-order valence-corrected chi connectivity index (χ0v) is 33.0. The number of nitrogens with zero attached hydrogens (tertiary/aromatic N) is 4. The third kappa shape index (κ3) is 9.32. The number of benzene rings is 2. The molecule has 0 spiro atoms. The van der Waals surface area contributed by atoms with Crippen LogP contribution in [0.25, 0.3) is 11.3 Å². The number of aromatic nitrogens is 2. The van der Waals surface area contributed by atoms with Crippen LogP contribution in [0.3, 0.4) is 0 Å². The number of carbonyl (C=O) groups is 4. The lowest BCUT2D eigenvalue weighted by Crippen LogP contribution is -2.47. The van der Waals surface area contributed by atoms with E-state index in [1.54, 1.807) is 11.0 Å². The van der Waals surface area contributed by atoms with E-state index in [2.05, 4.69) is 36.1 Å². The van der Waals surface area contributed by atoms with E-state index in [4.69, 9.17) is 0 Å². The molecule has 1 atom stereocenters. The Morgan fingerprint density at radius 1 is 0.776 bits per heavy atom. The van der Waals surface area contributed by atoms with Gasteiger partial charge in [0.05, 0.1) is 6.20 Å².